The number of carbonyl (C=O) groups excluding carboxylic acids is 2. The average Bonchev–Trinajstić information content (AvgIpc) is 3.09. The van der Waals surface area contributed by atoms with E-state index < -0.39 is 17.8 Å². The minimum Gasteiger partial charge on any atom is -0.478 e. The third kappa shape index (κ3) is 4.59. The normalized spacial score (nSPS) is 10.4. The summed E-state index contributed by atoms with van der Waals surface area (Å²) in [7, 11) is 0. The van der Waals surface area contributed by atoms with E-state index in [4.69, 9.17) is 27.6 Å². The van der Waals surface area contributed by atoms with Crippen LogP contribution in [0.25, 0.3) is 0 Å². The fourth-order valence-corrected chi connectivity index (χ4v) is 2.97. The smallest absolute Gasteiger partial charge is 0.336 e. The van der Waals surface area contributed by atoms with Crippen LogP contribution in [0.4, 0.5) is 11.4 Å². The van der Waals surface area contributed by atoms with Gasteiger partial charge < -0.3 is 20.2 Å². The van der Waals surface area contributed by atoms with Crippen LogP contribution in [-0.2, 0) is 0 Å². The molecule has 0 fully saturated rings. The van der Waals surface area contributed by atoms with Gasteiger partial charge in [0.05, 0.1) is 28.1 Å². The van der Waals surface area contributed by atoms with Crippen molar-refractivity contribution in [1.29, 1.82) is 0 Å². The second kappa shape index (κ2) is 8.38. The summed E-state index contributed by atoms with van der Waals surface area (Å²) in [6, 6.07) is 10.1. The van der Waals surface area contributed by atoms with Gasteiger partial charge in [0.2, 0.25) is 0 Å². The molecule has 0 aliphatic rings. The fraction of sp³-hybridized carbons (Fsp3) is 0.0500. The molecule has 0 saturated heterocycles. The summed E-state index contributed by atoms with van der Waals surface area (Å²) in [5.74, 6) is -2.20. The summed E-state index contributed by atoms with van der Waals surface area (Å²) in [5, 5.41) is 14.8. The van der Waals surface area contributed by atoms with Crippen molar-refractivity contribution in [3.8, 4) is 0 Å². The zero-order valence-electron chi connectivity index (χ0n) is 15.0. The molecule has 0 bridgehead atoms. The first-order valence-electron chi connectivity index (χ1n) is 8.25. The highest BCUT2D eigenvalue weighted by Crippen LogP contribution is 2.27. The van der Waals surface area contributed by atoms with Gasteiger partial charge in [-0.25, -0.2) is 4.79 Å². The Morgan fingerprint density at radius 1 is 0.931 bits per heavy atom. The highest BCUT2D eigenvalue weighted by atomic mass is 35.5. The van der Waals surface area contributed by atoms with Crippen LogP contribution >= 0.6 is 23.2 Å². The van der Waals surface area contributed by atoms with Crippen molar-refractivity contribution in [2.45, 2.75) is 6.92 Å². The summed E-state index contributed by atoms with van der Waals surface area (Å²) < 4.78 is 5.13. The monoisotopic (exact) mass is 432 g/mol. The molecule has 1 heterocycles. The molecule has 0 saturated carbocycles. The molecule has 0 unspecified atom stereocenters. The molecule has 0 radical (unpaired) electrons. The Morgan fingerprint density at radius 2 is 1.69 bits per heavy atom. The molecule has 2 amide bonds. The third-order valence-electron chi connectivity index (χ3n) is 4.00. The van der Waals surface area contributed by atoms with Gasteiger partial charge >= 0.3 is 5.97 Å². The van der Waals surface area contributed by atoms with Gasteiger partial charge in [0, 0.05) is 16.3 Å². The maximum atomic E-state index is 12.5. The Hall–Kier alpha value is -3.29. The van der Waals surface area contributed by atoms with Crippen LogP contribution in [0.1, 0.15) is 36.8 Å². The molecule has 2 aromatic carbocycles. The molecule has 3 rings (SSSR count). The number of anilines is 2. The van der Waals surface area contributed by atoms with Gasteiger partial charge in [-0.1, -0.05) is 23.2 Å². The molecule has 0 spiro atoms. The van der Waals surface area contributed by atoms with Gasteiger partial charge in [-0.2, -0.15) is 0 Å². The van der Waals surface area contributed by atoms with Crippen LogP contribution in [0.3, 0.4) is 0 Å². The van der Waals surface area contributed by atoms with E-state index in [0.29, 0.717) is 11.3 Å². The van der Waals surface area contributed by atoms with Gasteiger partial charge in [-0.3, -0.25) is 9.59 Å². The van der Waals surface area contributed by atoms with Crippen LogP contribution in [0.5, 0.6) is 0 Å². The van der Waals surface area contributed by atoms with Crippen LogP contribution in [0.2, 0.25) is 10.0 Å². The van der Waals surface area contributed by atoms with Crippen LogP contribution in [-0.4, -0.2) is 22.9 Å². The topological polar surface area (TPSA) is 109 Å². The number of halogens is 2. The lowest BCUT2D eigenvalue weighted by molar-refractivity contribution is 0.0692. The second-order valence-corrected chi connectivity index (χ2v) is 6.87. The zero-order valence-corrected chi connectivity index (χ0v) is 16.5. The molecule has 7 nitrogen and oxygen atoms in total. The standard InChI is InChI=1S/C20H14Cl2N2O5/c1-10-6-7-29-17(10)19(26)23-12-3-5-16(15(22)9-12)24-18(25)13-4-2-11(21)8-14(13)20(27)28/h2-9H,1H3,(H,23,26)(H,24,25)(H,27,28). The van der Waals surface area contributed by atoms with Crippen molar-refractivity contribution < 1.29 is 23.9 Å². The molecule has 3 N–H and O–H groups in total. The number of rotatable bonds is 5. The number of hydrogen-bond acceptors (Lipinski definition) is 4. The van der Waals surface area contributed by atoms with E-state index in [9.17, 15) is 19.5 Å². The molecule has 0 atom stereocenters. The molecule has 0 aliphatic carbocycles. The predicted molar refractivity (Wildman–Crippen MR) is 109 cm³/mol. The Bertz CT molecular complexity index is 1120. The first kappa shape index (κ1) is 20.4. The van der Waals surface area contributed by atoms with E-state index in [2.05, 4.69) is 10.6 Å². The number of aryl methyl sites for hydroxylation is 1. The van der Waals surface area contributed by atoms with Crippen molar-refractivity contribution in [2.75, 3.05) is 10.6 Å². The van der Waals surface area contributed by atoms with Gasteiger partial charge in [0.15, 0.2) is 5.76 Å². The number of aromatic carboxylic acids is 1. The number of furan rings is 1. The van der Waals surface area contributed by atoms with E-state index in [1.165, 1.54) is 42.7 Å². The average molecular weight is 433 g/mol. The Balaban J connectivity index is 1.78. The molecule has 148 valence electrons. The Labute approximate surface area is 175 Å². The van der Waals surface area contributed by atoms with Crippen LogP contribution in [0, 0.1) is 6.92 Å². The van der Waals surface area contributed by atoms with E-state index in [0.717, 1.165) is 0 Å². The van der Waals surface area contributed by atoms with Gasteiger partial charge in [-0.15, -0.1) is 0 Å². The summed E-state index contributed by atoms with van der Waals surface area (Å²) >= 11 is 12.0. The summed E-state index contributed by atoms with van der Waals surface area (Å²) in [6.45, 7) is 1.74. The van der Waals surface area contributed by atoms with Gasteiger partial charge in [0.25, 0.3) is 11.8 Å². The lowest BCUT2D eigenvalue weighted by atomic mass is 10.1. The van der Waals surface area contributed by atoms with Gasteiger partial charge in [0.1, 0.15) is 0 Å². The lowest BCUT2D eigenvalue weighted by Gasteiger charge is -2.11. The molecule has 9 heteroatoms. The van der Waals surface area contributed by atoms with E-state index in [-0.39, 0.29) is 32.6 Å². The number of carboxylic acid groups (broad SMARTS) is 1. The largest absolute Gasteiger partial charge is 0.478 e. The highest BCUT2D eigenvalue weighted by molar-refractivity contribution is 6.34. The minimum absolute atomic E-state index is 0.0661. The second-order valence-electron chi connectivity index (χ2n) is 6.03. The summed E-state index contributed by atoms with van der Waals surface area (Å²) in [6.07, 6.45) is 1.41. The van der Waals surface area contributed by atoms with Crippen molar-refractivity contribution in [2.24, 2.45) is 0 Å². The molecular weight excluding hydrogens is 419 g/mol. The van der Waals surface area contributed by atoms with Crippen LogP contribution in [0.15, 0.2) is 53.1 Å². The van der Waals surface area contributed by atoms with E-state index in [1.54, 1.807) is 13.0 Å². The first-order valence-corrected chi connectivity index (χ1v) is 9.01. The minimum atomic E-state index is -1.28. The quantitative estimate of drug-likeness (QED) is 0.519. The molecular formula is C20H14Cl2N2O5. The number of carbonyl (C=O) groups is 3. The summed E-state index contributed by atoms with van der Waals surface area (Å²) in [4.78, 5) is 36.1. The fourth-order valence-electron chi connectivity index (χ4n) is 2.57. The third-order valence-corrected chi connectivity index (χ3v) is 4.55. The molecule has 3 aromatic rings. The number of benzene rings is 2. The maximum absolute atomic E-state index is 12.5. The predicted octanol–water partition coefficient (Wildman–Crippen LogP) is 5.10. The summed E-state index contributed by atoms with van der Waals surface area (Å²) in [5.41, 5.74) is 1.03. The highest BCUT2D eigenvalue weighted by Gasteiger charge is 2.18. The Kier molecular flexibility index (Phi) is 5.91. The lowest BCUT2D eigenvalue weighted by Crippen LogP contribution is -2.17. The molecule has 1 aromatic heterocycles. The maximum Gasteiger partial charge on any atom is 0.336 e. The number of amides is 2. The zero-order chi connectivity index (χ0) is 21.1. The molecule has 29 heavy (non-hydrogen) atoms. The van der Waals surface area contributed by atoms with Crippen molar-refractivity contribution in [1.82, 2.24) is 0 Å². The number of hydrogen-bond donors (Lipinski definition) is 3. The van der Waals surface area contributed by atoms with Crippen molar-refractivity contribution in [3.63, 3.8) is 0 Å². The SMILES string of the molecule is Cc1ccoc1C(=O)Nc1ccc(NC(=O)c2ccc(Cl)cc2C(=O)O)c(Cl)c1. The number of nitrogens with one attached hydrogen (secondary N) is 2. The van der Waals surface area contributed by atoms with Crippen molar-refractivity contribution >= 4 is 52.4 Å². The number of carboxylic acids is 1. The van der Waals surface area contributed by atoms with Gasteiger partial charge in [-0.05, 0) is 49.4 Å². The van der Waals surface area contributed by atoms with E-state index in [1.807, 2.05) is 0 Å². The van der Waals surface area contributed by atoms with Crippen LogP contribution < -0.4 is 10.6 Å². The van der Waals surface area contributed by atoms with Crippen molar-refractivity contribution in [3.05, 3.63) is 81.2 Å². The Morgan fingerprint density at radius 3 is 2.31 bits per heavy atom. The van der Waals surface area contributed by atoms with E-state index >= 15 is 0 Å². The molecule has 0 aliphatic heterocycles. The first-order chi connectivity index (χ1) is 13.8.